The van der Waals surface area contributed by atoms with E-state index in [1.165, 1.54) is 6.92 Å². The third-order valence-corrected chi connectivity index (χ3v) is 1.43. The summed E-state index contributed by atoms with van der Waals surface area (Å²) < 4.78 is 35.0. The highest BCUT2D eigenvalue weighted by Gasteiger charge is 2.41. The van der Waals surface area contributed by atoms with Gasteiger partial charge in [0.2, 0.25) is 0 Å². The van der Waals surface area contributed by atoms with Gasteiger partial charge in [-0.15, -0.1) is 0 Å². The average Bonchev–Trinajstić information content (AvgIpc) is 2.12. The van der Waals surface area contributed by atoms with E-state index in [-0.39, 0.29) is 12.1 Å². The molecule has 0 saturated heterocycles. The van der Waals surface area contributed by atoms with Crippen molar-refractivity contribution < 1.29 is 33.3 Å². The van der Waals surface area contributed by atoms with Crippen molar-refractivity contribution in [1.29, 1.82) is 0 Å². The molecule has 18 heavy (non-hydrogen) atoms. The van der Waals surface area contributed by atoms with Gasteiger partial charge in [-0.25, -0.2) is 9.59 Å². The monoisotopic (exact) mass is 271 g/mol. The van der Waals surface area contributed by atoms with Crippen LogP contribution >= 0.6 is 0 Å². The second-order valence-corrected chi connectivity index (χ2v) is 4.28. The molecule has 0 atom stereocenters. The van der Waals surface area contributed by atoms with Crippen molar-refractivity contribution in [3.05, 3.63) is 0 Å². The summed E-state index contributed by atoms with van der Waals surface area (Å²) in [6, 6.07) is 0. The zero-order chi connectivity index (χ0) is 13.7. The molecule has 0 saturated carbocycles. The standard InChI is InChI=1S/C10H17F2NO4.H2O/c1-5-16-7(14)10(11,12)6-13-8(15)17-9(2,3)4;/h5-6H2,1-4H3,(H,13,15);1H2. The fourth-order valence-electron chi connectivity index (χ4n) is 0.806. The number of carbonyl (C=O) groups excluding carboxylic acids is 2. The number of hydrogen-bond acceptors (Lipinski definition) is 4. The molecule has 6 nitrogen and oxygen atoms in total. The van der Waals surface area contributed by atoms with E-state index < -0.39 is 30.1 Å². The van der Waals surface area contributed by atoms with Crippen LogP contribution in [0.15, 0.2) is 0 Å². The smallest absolute Gasteiger partial charge is 0.407 e. The van der Waals surface area contributed by atoms with Crippen LogP contribution in [0.2, 0.25) is 0 Å². The van der Waals surface area contributed by atoms with Crippen LogP contribution in [0.3, 0.4) is 0 Å². The summed E-state index contributed by atoms with van der Waals surface area (Å²) in [5, 5.41) is 1.81. The maximum atomic E-state index is 13.1. The van der Waals surface area contributed by atoms with Crippen LogP contribution in [-0.4, -0.2) is 42.2 Å². The number of alkyl carbamates (subject to hydrolysis) is 1. The van der Waals surface area contributed by atoms with Crippen LogP contribution in [0.4, 0.5) is 13.6 Å². The lowest BCUT2D eigenvalue weighted by molar-refractivity contribution is -0.170. The Kier molecular flexibility index (Phi) is 7.46. The van der Waals surface area contributed by atoms with Crippen molar-refractivity contribution in [1.82, 2.24) is 5.32 Å². The maximum absolute atomic E-state index is 13.1. The molecule has 0 aromatic carbocycles. The predicted octanol–water partition coefficient (Wildman–Crippen LogP) is 0.885. The van der Waals surface area contributed by atoms with E-state index in [4.69, 9.17) is 4.74 Å². The molecule has 0 fully saturated rings. The van der Waals surface area contributed by atoms with Crippen molar-refractivity contribution >= 4 is 12.1 Å². The van der Waals surface area contributed by atoms with Crippen molar-refractivity contribution in [2.75, 3.05) is 13.2 Å². The van der Waals surface area contributed by atoms with E-state index in [2.05, 4.69) is 4.74 Å². The summed E-state index contributed by atoms with van der Waals surface area (Å²) in [7, 11) is 0. The molecule has 3 N–H and O–H groups in total. The summed E-state index contributed by atoms with van der Waals surface area (Å²) in [5.74, 6) is -5.43. The number of hydrogen-bond donors (Lipinski definition) is 1. The Bertz CT molecular complexity index is 288. The Hall–Kier alpha value is -1.44. The molecule has 0 aromatic heterocycles. The fourth-order valence-corrected chi connectivity index (χ4v) is 0.806. The molecule has 0 heterocycles. The first-order valence-corrected chi connectivity index (χ1v) is 5.10. The number of nitrogens with one attached hydrogen (secondary N) is 1. The Morgan fingerprint density at radius 3 is 2.11 bits per heavy atom. The van der Waals surface area contributed by atoms with Gasteiger partial charge in [-0.05, 0) is 27.7 Å². The van der Waals surface area contributed by atoms with Gasteiger partial charge in [-0.1, -0.05) is 0 Å². The first-order chi connectivity index (χ1) is 7.58. The van der Waals surface area contributed by atoms with Crippen LogP contribution in [0.25, 0.3) is 0 Å². The van der Waals surface area contributed by atoms with E-state index >= 15 is 0 Å². The van der Waals surface area contributed by atoms with Gasteiger partial charge in [0.25, 0.3) is 0 Å². The minimum absolute atomic E-state index is 0. The van der Waals surface area contributed by atoms with Gasteiger partial charge in [-0.3, -0.25) is 0 Å². The molecule has 0 aromatic rings. The minimum Gasteiger partial charge on any atom is -0.462 e. The molecule has 1 amide bonds. The van der Waals surface area contributed by atoms with E-state index in [9.17, 15) is 18.4 Å². The lowest BCUT2D eigenvalue weighted by Crippen LogP contribution is -2.44. The van der Waals surface area contributed by atoms with Crippen LogP contribution in [-0.2, 0) is 14.3 Å². The molecule has 0 unspecified atom stereocenters. The lowest BCUT2D eigenvalue weighted by Gasteiger charge is -2.21. The Balaban J connectivity index is 0. The number of ether oxygens (including phenoxy) is 2. The molecule has 8 heteroatoms. The number of amides is 1. The van der Waals surface area contributed by atoms with E-state index in [0.717, 1.165) is 0 Å². The second-order valence-electron chi connectivity index (χ2n) is 4.28. The molecule has 0 aliphatic carbocycles. The molecular weight excluding hydrogens is 252 g/mol. The van der Waals surface area contributed by atoms with E-state index in [0.29, 0.717) is 0 Å². The van der Waals surface area contributed by atoms with Crippen molar-refractivity contribution in [2.24, 2.45) is 0 Å². The summed E-state index contributed by atoms with van der Waals surface area (Å²) in [5.41, 5.74) is -0.788. The van der Waals surface area contributed by atoms with Gasteiger partial charge in [0.05, 0.1) is 13.2 Å². The maximum Gasteiger partial charge on any atom is 0.407 e. The normalized spacial score (nSPS) is 11.2. The topological polar surface area (TPSA) is 96.1 Å². The van der Waals surface area contributed by atoms with Crippen molar-refractivity contribution in [3.8, 4) is 0 Å². The fraction of sp³-hybridized carbons (Fsp3) is 0.800. The second kappa shape index (κ2) is 7.10. The van der Waals surface area contributed by atoms with Gasteiger partial charge >= 0.3 is 18.0 Å². The molecular formula is C10H19F2NO5. The Morgan fingerprint density at radius 1 is 1.22 bits per heavy atom. The van der Waals surface area contributed by atoms with E-state index in [1.807, 2.05) is 0 Å². The van der Waals surface area contributed by atoms with Crippen LogP contribution in [0.5, 0.6) is 0 Å². The summed E-state index contributed by atoms with van der Waals surface area (Å²) in [4.78, 5) is 21.9. The minimum atomic E-state index is -3.76. The number of alkyl halides is 2. The highest BCUT2D eigenvalue weighted by molar-refractivity contribution is 5.79. The molecule has 0 spiro atoms. The molecule has 0 aliphatic heterocycles. The first-order valence-electron chi connectivity index (χ1n) is 5.10. The summed E-state index contributed by atoms with van der Waals surface area (Å²) in [6.45, 7) is 4.89. The van der Waals surface area contributed by atoms with Gasteiger partial charge in [0.15, 0.2) is 0 Å². The predicted molar refractivity (Wildman–Crippen MR) is 59.4 cm³/mol. The molecule has 0 bridgehead atoms. The van der Waals surface area contributed by atoms with Crippen molar-refractivity contribution in [3.63, 3.8) is 0 Å². The van der Waals surface area contributed by atoms with Crippen molar-refractivity contribution in [2.45, 2.75) is 39.2 Å². The Morgan fingerprint density at radius 2 is 1.72 bits per heavy atom. The first kappa shape index (κ1) is 18.9. The molecule has 0 radical (unpaired) electrons. The van der Waals surface area contributed by atoms with Crippen LogP contribution in [0.1, 0.15) is 27.7 Å². The number of carbonyl (C=O) groups is 2. The summed E-state index contributed by atoms with van der Waals surface area (Å²) in [6.07, 6.45) is -1.01. The van der Waals surface area contributed by atoms with Crippen LogP contribution < -0.4 is 5.32 Å². The zero-order valence-electron chi connectivity index (χ0n) is 10.8. The molecule has 0 rings (SSSR count). The molecule has 108 valence electrons. The molecule has 0 aliphatic rings. The van der Waals surface area contributed by atoms with Gasteiger partial charge < -0.3 is 20.3 Å². The van der Waals surface area contributed by atoms with Gasteiger partial charge in [0, 0.05) is 0 Å². The highest BCUT2D eigenvalue weighted by atomic mass is 19.3. The third-order valence-electron chi connectivity index (χ3n) is 1.43. The zero-order valence-corrected chi connectivity index (χ0v) is 10.8. The van der Waals surface area contributed by atoms with E-state index in [1.54, 1.807) is 26.1 Å². The summed E-state index contributed by atoms with van der Waals surface area (Å²) >= 11 is 0. The van der Waals surface area contributed by atoms with Gasteiger partial charge in [0.1, 0.15) is 5.60 Å². The number of rotatable bonds is 4. The number of halogens is 2. The third kappa shape index (κ3) is 7.77. The van der Waals surface area contributed by atoms with Crippen LogP contribution in [0, 0.1) is 0 Å². The SMILES string of the molecule is CCOC(=O)C(F)(F)CNC(=O)OC(C)(C)C.O. The highest BCUT2D eigenvalue weighted by Crippen LogP contribution is 2.14. The quantitative estimate of drug-likeness (QED) is 0.768. The largest absolute Gasteiger partial charge is 0.462 e. The lowest BCUT2D eigenvalue weighted by atomic mass is 10.2. The Labute approximate surface area is 104 Å². The number of esters is 1. The van der Waals surface area contributed by atoms with Gasteiger partial charge in [-0.2, -0.15) is 8.78 Å². The average molecular weight is 271 g/mol.